The maximum Gasteiger partial charge on any atom is 0.281 e. The maximum absolute atomic E-state index is 11.9. The normalized spacial score (nSPS) is 21.9. The van der Waals surface area contributed by atoms with E-state index in [1.54, 1.807) is 14.1 Å². The predicted molar refractivity (Wildman–Crippen MR) is 68.9 cm³/mol. The van der Waals surface area contributed by atoms with Crippen molar-refractivity contribution in [2.45, 2.75) is 19.4 Å². The van der Waals surface area contributed by atoms with E-state index in [1.165, 1.54) is 8.61 Å². The van der Waals surface area contributed by atoms with E-state index in [0.29, 0.717) is 25.7 Å². The summed E-state index contributed by atoms with van der Waals surface area (Å²) in [7, 11) is -0.122. The molecule has 6 nitrogen and oxygen atoms in total. The van der Waals surface area contributed by atoms with Crippen molar-refractivity contribution in [2.75, 3.05) is 46.8 Å². The Bertz CT molecular complexity index is 319. The molecule has 7 heteroatoms. The third-order valence-electron chi connectivity index (χ3n) is 3.32. The van der Waals surface area contributed by atoms with Crippen molar-refractivity contribution in [3.05, 3.63) is 0 Å². The lowest BCUT2D eigenvalue weighted by Gasteiger charge is -2.38. The van der Waals surface area contributed by atoms with Crippen LogP contribution in [0.5, 0.6) is 0 Å². The number of piperazine rings is 1. The van der Waals surface area contributed by atoms with E-state index in [1.807, 2.05) is 0 Å². The number of hydrogen-bond acceptors (Lipinski definition) is 4. The van der Waals surface area contributed by atoms with Gasteiger partial charge in [-0.25, -0.2) is 0 Å². The molecule has 1 heterocycles. The molecule has 0 saturated carbocycles. The van der Waals surface area contributed by atoms with Gasteiger partial charge in [-0.2, -0.15) is 17.0 Å². The van der Waals surface area contributed by atoms with Crippen LogP contribution in [0.1, 0.15) is 13.3 Å². The number of nitrogens with two attached hydrogens (primary N) is 1. The average Bonchev–Trinajstić information content (AvgIpc) is 2.31. The summed E-state index contributed by atoms with van der Waals surface area (Å²) in [5.41, 5.74) is 5.70. The first-order valence-electron chi connectivity index (χ1n) is 6.05. The van der Waals surface area contributed by atoms with E-state index < -0.39 is 10.2 Å². The highest BCUT2D eigenvalue weighted by molar-refractivity contribution is 7.86. The van der Waals surface area contributed by atoms with Crippen LogP contribution in [0.15, 0.2) is 0 Å². The molecule has 1 aliphatic rings. The molecule has 0 radical (unpaired) electrons. The summed E-state index contributed by atoms with van der Waals surface area (Å²) in [6.07, 6.45) is 1.01. The van der Waals surface area contributed by atoms with Gasteiger partial charge in [-0.1, -0.05) is 6.92 Å². The Morgan fingerprint density at radius 1 is 1.24 bits per heavy atom. The summed E-state index contributed by atoms with van der Waals surface area (Å²) >= 11 is 0. The Labute approximate surface area is 105 Å². The molecule has 2 N–H and O–H groups in total. The van der Waals surface area contributed by atoms with Gasteiger partial charge in [-0.05, 0) is 6.42 Å². The van der Waals surface area contributed by atoms with Crippen LogP contribution in [0.3, 0.4) is 0 Å². The molecular weight excluding hydrogens is 240 g/mol. The molecule has 102 valence electrons. The zero-order chi connectivity index (χ0) is 13.1. The number of hydrogen-bond donors (Lipinski definition) is 1. The van der Waals surface area contributed by atoms with Crippen LogP contribution in [0.2, 0.25) is 0 Å². The zero-order valence-corrected chi connectivity index (χ0v) is 11.8. The Balaban J connectivity index is 2.57. The lowest BCUT2D eigenvalue weighted by Crippen LogP contribution is -2.55. The minimum absolute atomic E-state index is 0.374. The van der Waals surface area contributed by atoms with Crippen molar-refractivity contribution in [2.24, 2.45) is 5.73 Å². The first-order valence-corrected chi connectivity index (χ1v) is 7.44. The molecule has 1 saturated heterocycles. The van der Waals surface area contributed by atoms with Gasteiger partial charge in [0.1, 0.15) is 0 Å². The molecule has 0 aliphatic carbocycles. The Morgan fingerprint density at radius 3 is 2.12 bits per heavy atom. The molecule has 0 aromatic carbocycles. The first kappa shape index (κ1) is 14.8. The second kappa shape index (κ2) is 6.10. The zero-order valence-electron chi connectivity index (χ0n) is 11.0. The lowest BCUT2D eigenvalue weighted by atomic mass is 10.1. The molecule has 0 spiro atoms. The SMILES string of the molecule is CCC(CN)N1CCN(S(=O)(=O)N(C)C)CC1. The smallest absolute Gasteiger partial charge is 0.281 e. The topological polar surface area (TPSA) is 69.9 Å². The summed E-state index contributed by atoms with van der Waals surface area (Å²) in [6.45, 7) is 5.39. The molecule has 0 bridgehead atoms. The summed E-state index contributed by atoms with van der Waals surface area (Å²) in [5, 5.41) is 0. The standard InChI is InChI=1S/C10H24N4O2S/c1-4-10(9-11)13-5-7-14(8-6-13)17(15,16)12(2)3/h10H,4-9,11H2,1-3H3. The van der Waals surface area contributed by atoms with Gasteiger partial charge in [0, 0.05) is 52.9 Å². The molecule has 0 aromatic rings. The van der Waals surface area contributed by atoms with Crippen LogP contribution in [0, 0.1) is 0 Å². The van der Waals surface area contributed by atoms with Gasteiger partial charge in [0.05, 0.1) is 0 Å². The fourth-order valence-electron chi connectivity index (χ4n) is 2.10. The van der Waals surface area contributed by atoms with Crippen molar-refractivity contribution in [1.82, 2.24) is 13.5 Å². The van der Waals surface area contributed by atoms with Gasteiger partial charge < -0.3 is 5.73 Å². The molecule has 1 atom stereocenters. The first-order chi connectivity index (χ1) is 7.93. The molecule has 1 aliphatic heterocycles. The van der Waals surface area contributed by atoms with E-state index in [4.69, 9.17) is 5.73 Å². The number of nitrogens with zero attached hydrogens (tertiary/aromatic N) is 3. The van der Waals surface area contributed by atoms with Crippen molar-refractivity contribution >= 4 is 10.2 Å². The van der Waals surface area contributed by atoms with Gasteiger partial charge in [-0.3, -0.25) is 4.90 Å². The second-order valence-electron chi connectivity index (χ2n) is 4.52. The van der Waals surface area contributed by atoms with Gasteiger partial charge in [0.15, 0.2) is 0 Å². The minimum atomic E-state index is -3.25. The van der Waals surface area contributed by atoms with Crippen LogP contribution >= 0.6 is 0 Å². The van der Waals surface area contributed by atoms with E-state index >= 15 is 0 Å². The highest BCUT2D eigenvalue weighted by Gasteiger charge is 2.30. The van der Waals surface area contributed by atoms with Crippen LogP contribution in [-0.4, -0.2) is 74.8 Å². The fraction of sp³-hybridized carbons (Fsp3) is 1.00. The average molecular weight is 264 g/mol. The molecule has 0 aromatic heterocycles. The molecule has 17 heavy (non-hydrogen) atoms. The Kier molecular flexibility index (Phi) is 5.33. The summed E-state index contributed by atoms with van der Waals surface area (Å²) in [5.74, 6) is 0. The molecule has 1 unspecified atom stereocenters. The molecule has 1 rings (SSSR count). The summed E-state index contributed by atoms with van der Waals surface area (Å²) < 4.78 is 26.6. The van der Waals surface area contributed by atoms with E-state index in [9.17, 15) is 8.42 Å². The summed E-state index contributed by atoms with van der Waals surface area (Å²) in [4.78, 5) is 2.28. The van der Waals surface area contributed by atoms with Crippen LogP contribution in [0.25, 0.3) is 0 Å². The van der Waals surface area contributed by atoms with Crippen LogP contribution in [-0.2, 0) is 10.2 Å². The van der Waals surface area contributed by atoms with E-state index in [2.05, 4.69) is 11.8 Å². The highest BCUT2D eigenvalue weighted by Crippen LogP contribution is 2.12. The largest absolute Gasteiger partial charge is 0.329 e. The Hall–Kier alpha value is -0.210. The monoisotopic (exact) mass is 264 g/mol. The van der Waals surface area contributed by atoms with Crippen molar-refractivity contribution in [3.8, 4) is 0 Å². The third-order valence-corrected chi connectivity index (χ3v) is 5.26. The predicted octanol–water partition coefficient (Wildman–Crippen LogP) is -0.852. The summed E-state index contributed by atoms with van der Waals surface area (Å²) in [6, 6.07) is 0.374. The molecule has 1 fully saturated rings. The maximum atomic E-state index is 11.9. The van der Waals surface area contributed by atoms with Crippen molar-refractivity contribution in [3.63, 3.8) is 0 Å². The fourth-order valence-corrected chi connectivity index (χ4v) is 3.19. The lowest BCUT2D eigenvalue weighted by molar-refractivity contribution is 0.134. The van der Waals surface area contributed by atoms with Gasteiger partial charge in [-0.15, -0.1) is 0 Å². The number of rotatable bonds is 5. The van der Waals surface area contributed by atoms with Crippen LogP contribution in [0.4, 0.5) is 0 Å². The van der Waals surface area contributed by atoms with E-state index in [-0.39, 0.29) is 0 Å². The Morgan fingerprint density at radius 2 is 1.76 bits per heavy atom. The minimum Gasteiger partial charge on any atom is -0.329 e. The van der Waals surface area contributed by atoms with Crippen LogP contribution < -0.4 is 5.73 Å². The second-order valence-corrected chi connectivity index (χ2v) is 6.67. The highest BCUT2D eigenvalue weighted by atomic mass is 32.2. The molecular formula is C10H24N4O2S. The van der Waals surface area contributed by atoms with Crippen molar-refractivity contribution < 1.29 is 8.42 Å². The van der Waals surface area contributed by atoms with Gasteiger partial charge >= 0.3 is 0 Å². The van der Waals surface area contributed by atoms with Gasteiger partial charge in [0.25, 0.3) is 10.2 Å². The quantitative estimate of drug-likeness (QED) is 0.702. The third kappa shape index (κ3) is 3.38. The van der Waals surface area contributed by atoms with Crippen molar-refractivity contribution in [1.29, 1.82) is 0 Å². The van der Waals surface area contributed by atoms with E-state index in [0.717, 1.165) is 19.5 Å². The molecule has 0 amide bonds. The van der Waals surface area contributed by atoms with Gasteiger partial charge in [0.2, 0.25) is 0 Å².